The summed E-state index contributed by atoms with van der Waals surface area (Å²) < 4.78 is 0. The first-order valence-corrected chi connectivity index (χ1v) is 5.59. The smallest absolute Gasteiger partial charge is 0.219 e. The zero-order chi connectivity index (χ0) is 10.6. The number of fused-ring (bicyclic) bond motifs is 1. The van der Waals surface area contributed by atoms with E-state index >= 15 is 0 Å². The van der Waals surface area contributed by atoms with Gasteiger partial charge in [-0.2, -0.15) is 0 Å². The fraction of sp³-hybridized carbons (Fsp3) is 0.917. The average Bonchev–Trinajstić information content (AvgIpc) is 2.36. The first-order chi connectivity index (χ1) is 6.31. The number of hydrogen-bond donors (Lipinski definition) is 0. The van der Waals surface area contributed by atoms with Crippen molar-refractivity contribution in [2.45, 2.75) is 53.0 Å². The van der Waals surface area contributed by atoms with Crippen LogP contribution in [-0.2, 0) is 4.79 Å². The maximum atomic E-state index is 11.3. The third-order valence-electron chi connectivity index (χ3n) is 3.59. The molecule has 0 atom stereocenters. The van der Waals surface area contributed by atoms with Gasteiger partial charge in [0.1, 0.15) is 0 Å². The molecule has 80 valence electrons. The molecule has 2 aliphatic heterocycles. The molecule has 3 fully saturated rings. The molecule has 14 heavy (non-hydrogen) atoms. The zero-order valence-electron chi connectivity index (χ0n) is 9.76. The Bertz CT molecular complexity index is 258. The van der Waals surface area contributed by atoms with Crippen molar-refractivity contribution in [3.63, 3.8) is 0 Å². The maximum absolute atomic E-state index is 11.3. The Hall–Kier alpha value is -0.530. The Morgan fingerprint density at radius 3 is 2.36 bits per heavy atom. The lowest BCUT2D eigenvalue weighted by Crippen LogP contribution is -2.37. The van der Waals surface area contributed by atoms with Crippen molar-refractivity contribution >= 4 is 5.91 Å². The van der Waals surface area contributed by atoms with E-state index in [9.17, 15) is 4.79 Å². The lowest BCUT2D eigenvalue weighted by Gasteiger charge is -2.41. The van der Waals surface area contributed by atoms with Crippen molar-refractivity contribution in [3.05, 3.63) is 0 Å². The van der Waals surface area contributed by atoms with E-state index in [0.29, 0.717) is 16.9 Å². The summed E-state index contributed by atoms with van der Waals surface area (Å²) in [7, 11) is 0. The van der Waals surface area contributed by atoms with Crippen molar-refractivity contribution in [3.8, 4) is 0 Å². The number of hydrogen-bond acceptors (Lipinski definition) is 1. The van der Waals surface area contributed by atoms with E-state index in [4.69, 9.17) is 0 Å². The van der Waals surface area contributed by atoms with E-state index in [1.54, 1.807) is 6.92 Å². The van der Waals surface area contributed by atoms with Gasteiger partial charge in [-0.25, -0.2) is 0 Å². The molecule has 0 aromatic rings. The average molecular weight is 195 g/mol. The highest BCUT2D eigenvalue weighted by Crippen LogP contribution is 2.56. The van der Waals surface area contributed by atoms with Crippen LogP contribution in [0.4, 0.5) is 0 Å². The summed E-state index contributed by atoms with van der Waals surface area (Å²) >= 11 is 0. The fourth-order valence-corrected chi connectivity index (χ4v) is 3.47. The highest BCUT2D eigenvalue weighted by Gasteiger charge is 2.56. The Morgan fingerprint density at radius 2 is 2.00 bits per heavy atom. The van der Waals surface area contributed by atoms with Crippen LogP contribution in [0.5, 0.6) is 0 Å². The molecule has 2 saturated heterocycles. The highest BCUT2D eigenvalue weighted by molar-refractivity contribution is 5.74. The summed E-state index contributed by atoms with van der Waals surface area (Å²) in [5, 5.41) is 0. The number of carbonyl (C=O) groups is 1. The lowest BCUT2D eigenvalue weighted by atomic mass is 9.63. The molecule has 1 aliphatic carbocycles. The minimum absolute atomic E-state index is 0.267. The molecule has 0 N–H and O–H groups in total. The van der Waals surface area contributed by atoms with Crippen LogP contribution >= 0.6 is 0 Å². The summed E-state index contributed by atoms with van der Waals surface area (Å²) in [5.41, 5.74) is 0.881. The Morgan fingerprint density at radius 1 is 1.43 bits per heavy atom. The van der Waals surface area contributed by atoms with E-state index in [0.717, 1.165) is 6.54 Å². The van der Waals surface area contributed by atoms with E-state index < -0.39 is 0 Å². The summed E-state index contributed by atoms with van der Waals surface area (Å²) in [4.78, 5) is 13.4. The summed E-state index contributed by atoms with van der Waals surface area (Å²) in [6.45, 7) is 9.61. The van der Waals surface area contributed by atoms with Gasteiger partial charge in [-0.1, -0.05) is 20.8 Å². The molecular formula is C12H21NO. The zero-order valence-corrected chi connectivity index (χ0v) is 9.76. The van der Waals surface area contributed by atoms with Crippen molar-refractivity contribution in [2.75, 3.05) is 6.54 Å². The molecule has 1 saturated carbocycles. The van der Waals surface area contributed by atoms with E-state index in [-0.39, 0.29) is 5.91 Å². The lowest BCUT2D eigenvalue weighted by molar-refractivity contribution is -0.128. The second-order valence-electron chi connectivity index (χ2n) is 6.45. The molecule has 2 nitrogen and oxygen atoms in total. The SMILES string of the molecule is CC(=O)N1CC2(CC(C)(C)C)CC1C2. The van der Waals surface area contributed by atoms with Crippen LogP contribution in [0.15, 0.2) is 0 Å². The predicted molar refractivity (Wildman–Crippen MR) is 56.9 cm³/mol. The van der Waals surface area contributed by atoms with Gasteiger partial charge in [0, 0.05) is 19.5 Å². The second kappa shape index (κ2) is 2.74. The highest BCUT2D eigenvalue weighted by atomic mass is 16.2. The van der Waals surface area contributed by atoms with Gasteiger partial charge in [-0.3, -0.25) is 4.79 Å². The van der Waals surface area contributed by atoms with Crippen molar-refractivity contribution in [2.24, 2.45) is 10.8 Å². The van der Waals surface area contributed by atoms with Gasteiger partial charge in [-0.15, -0.1) is 0 Å². The molecule has 1 amide bonds. The van der Waals surface area contributed by atoms with Gasteiger partial charge < -0.3 is 4.90 Å². The Balaban J connectivity index is 2.01. The van der Waals surface area contributed by atoms with Crippen LogP contribution in [0.2, 0.25) is 0 Å². The minimum Gasteiger partial charge on any atom is -0.339 e. The summed E-state index contributed by atoms with van der Waals surface area (Å²) in [6, 6.07) is 0.579. The number of rotatable bonds is 1. The van der Waals surface area contributed by atoms with Crippen LogP contribution in [0.1, 0.15) is 47.0 Å². The fourth-order valence-electron chi connectivity index (χ4n) is 3.47. The predicted octanol–water partition coefficient (Wildman–Crippen LogP) is 2.43. The standard InChI is InChI=1S/C12H21NO/c1-9(14)13-8-12(5-10(13)6-12)7-11(2,3)4/h10H,5-8H2,1-4H3. The van der Waals surface area contributed by atoms with Gasteiger partial charge in [0.15, 0.2) is 0 Å². The first-order valence-electron chi connectivity index (χ1n) is 5.59. The molecular weight excluding hydrogens is 174 g/mol. The molecule has 2 heteroatoms. The number of amides is 1. The van der Waals surface area contributed by atoms with E-state index in [1.165, 1.54) is 19.3 Å². The molecule has 3 rings (SSSR count). The van der Waals surface area contributed by atoms with Crippen LogP contribution in [-0.4, -0.2) is 23.4 Å². The second-order valence-corrected chi connectivity index (χ2v) is 6.45. The van der Waals surface area contributed by atoms with Gasteiger partial charge in [0.05, 0.1) is 0 Å². The molecule has 0 unspecified atom stereocenters. The summed E-state index contributed by atoms with van der Waals surface area (Å²) in [6.07, 6.45) is 3.77. The van der Waals surface area contributed by atoms with E-state index in [2.05, 4.69) is 25.7 Å². The molecule has 2 heterocycles. The van der Waals surface area contributed by atoms with Gasteiger partial charge in [0.2, 0.25) is 5.91 Å². The van der Waals surface area contributed by atoms with E-state index in [1.807, 2.05) is 0 Å². The number of carbonyl (C=O) groups excluding carboxylic acids is 1. The van der Waals surface area contributed by atoms with Crippen LogP contribution in [0, 0.1) is 10.8 Å². The quantitative estimate of drug-likeness (QED) is 0.629. The van der Waals surface area contributed by atoms with Gasteiger partial charge in [0.25, 0.3) is 0 Å². The largest absolute Gasteiger partial charge is 0.339 e. The van der Waals surface area contributed by atoms with Crippen molar-refractivity contribution in [1.82, 2.24) is 4.90 Å². The number of nitrogens with zero attached hydrogens (tertiary/aromatic N) is 1. The molecule has 0 aromatic heterocycles. The molecule has 0 spiro atoms. The summed E-state index contributed by atoms with van der Waals surface area (Å²) in [5.74, 6) is 0.267. The van der Waals surface area contributed by atoms with Crippen molar-refractivity contribution in [1.29, 1.82) is 0 Å². The topological polar surface area (TPSA) is 20.3 Å². The van der Waals surface area contributed by atoms with Crippen LogP contribution in [0.3, 0.4) is 0 Å². The Labute approximate surface area is 86.7 Å². The third-order valence-corrected chi connectivity index (χ3v) is 3.59. The maximum Gasteiger partial charge on any atom is 0.219 e. The normalized spacial score (nSPS) is 35.7. The molecule has 2 bridgehead atoms. The minimum atomic E-state index is 0.267. The molecule has 0 aromatic carbocycles. The third kappa shape index (κ3) is 1.55. The van der Waals surface area contributed by atoms with Crippen LogP contribution in [0.25, 0.3) is 0 Å². The van der Waals surface area contributed by atoms with Crippen LogP contribution < -0.4 is 0 Å². The first kappa shape index (κ1) is 10.0. The Kier molecular flexibility index (Phi) is 1.96. The monoisotopic (exact) mass is 195 g/mol. The van der Waals surface area contributed by atoms with Crippen molar-refractivity contribution < 1.29 is 4.79 Å². The molecule has 0 radical (unpaired) electrons. The van der Waals surface area contributed by atoms with Gasteiger partial charge >= 0.3 is 0 Å². The van der Waals surface area contributed by atoms with Gasteiger partial charge in [-0.05, 0) is 30.1 Å². The molecule has 3 aliphatic rings.